The third-order valence-corrected chi connectivity index (χ3v) is 3.15. The number of benzene rings is 1. The fraction of sp³-hybridized carbons (Fsp3) is 0.400. The molecule has 1 atom stereocenters. The van der Waals surface area contributed by atoms with Crippen LogP contribution in [0.1, 0.15) is 36.8 Å². The molecule has 1 N–H and O–H groups in total. The number of aryl methyl sites for hydroxylation is 2. The van der Waals surface area contributed by atoms with Gasteiger partial charge in [0.1, 0.15) is 5.82 Å². The monoisotopic (exact) mass is 261 g/mol. The topological polar surface area (TPSA) is 29.9 Å². The zero-order valence-electron chi connectivity index (χ0n) is 11.7. The molecule has 0 radical (unpaired) electrons. The Labute approximate surface area is 113 Å². The van der Waals surface area contributed by atoms with Crippen LogP contribution >= 0.6 is 0 Å². The molecule has 1 unspecified atom stereocenters. The Morgan fingerprint density at radius 3 is 2.68 bits per heavy atom. The summed E-state index contributed by atoms with van der Waals surface area (Å²) >= 11 is 0. The molecule has 3 nitrogen and oxygen atoms in total. The van der Waals surface area contributed by atoms with Gasteiger partial charge >= 0.3 is 0 Å². The molecule has 1 aromatic carbocycles. The Bertz CT molecular complexity index is 548. The quantitative estimate of drug-likeness (QED) is 0.896. The van der Waals surface area contributed by atoms with Gasteiger partial charge in [0.05, 0.1) is 17.4 Å². The molecule has 4 heteroatoms. The Hall–Kier alpha value is -1.68. The number of nitrogens with one attached hydrogen (secondary N) is 1. The van der Waals surface area contributed by atoms with E-state index in [9.17, 15) is 4.39 Å². The molecule has 0 aliphatic carbocycles. The summed E-state index contributed by atoms with van der Waals surface area (Å²) < 4.78 is 15.9. The summed E-state index contributed by atoms with van der Waals surface area (Å²) in [5.74, 6) is -0.185. The van der Waals surface area contributed by atoms with Gasteiger partial charge in [0.15, 0.2) is 0 Å². The maximum Gasteiger partial charge on any atom is 0.128 e. The van der Waals surface area contributed by atoms with Crippen molar-refractivity contribution in [2.75, 3.05) is 6.54 Å². The third kappa shape index (κ3) is 2.84. The second-order valence-electron chi connectivity index (χ2n) is 4.54. The summed E-state index contributed by atoms with van der Waals surface area (Å²) in [5, 5.41) is 7.78. The predicted molar refractivity (Wildman–Crippen MR) is 74.6 cm³/mol. The average Bonchev–Trinajstić information content (AvgIpc) is 2.78. The molecule has 0 amide bonds. The molecule has 0 spiro atoms. The first-order chi connectivity index (χ1) is 9.17. The van der Waals surface area contributed by atoms with Gasteiger partial charge in [-0.1, -0.05) is 25.1 Å². The first-order valence-electron chi connectivity index (χ1n) is 6.69. The highest BCUT2D eigenvalue weighted by molar-refractivity contribution is 5.30. The van der Waals surface area contributed by atoms with Gasteiger partial charge in [-0.2, -0.15) is 5.10 Å². The van der Waals surface area contributed by atoms with Crippen LogP contribution in [0.3, 0.4) is 0 Å². The van der Waals surface area contributed by atoms with E-state index >= 15 is 0 Å². The Balaban J connectivity index is 2.48. The molecular formula is C15H20FN3. The standard InChI is InChI=1S/C15H20FN3/c1-4-17-15(12-8-6-7-9-13(12)16)14-10-11(3)18-19(14)5-2/h6-10,15,17H,4-5H2,1-3H3. The van der Waals surface area contributed by atoms with E-state index in [0.29, 0.717) is 5.56 Å². The summed E-state index contributed by atoms with van der Waals surface area (Å²) in [6.45, 7) is 7.57. The number of hydrogen-bond acceptors (Lipinski definition) is 2. The van der Waals surface area contributed by atoms with E-state index in [1.54, 1.807) is 6.07 Å². The Morgan fingerprint density at radius 2 is 2.05 bits per heavy atom. The lowest BCUT2D eigenvalue weighted by atomic mass is 10.0. The molecule has 2 rings (SSSR count). The number of halogens is 1. The predicted octanol–water partition coefficient (Wildman–Crippen LogP) is 3.05. The molecule has 1 heterocycles. The van der Waals surface area contributed by atoms with Crippen molar-refractivity contribution in [3.63, 3.8) is 0 Å². The van der Waals surface area contributed by atoms with Crippen molar-refractivity contribution in [3.05, 3.63) is 53.1 Å². The fourth-order valence-electron chi connectivity index (χ4n) is 2.34. The van der Waals surface area contributed by atoms with Gasteiger partial charge < -0.3 is 5.32 Å². The molecule has 0 saturated heterocycles. The first-order valence-corrected chi connectivity index (χ1v) is 6.69. The Morgan fingerprint density at radius 1 is 1.32 bits per heavy atom. The van der Waals surface area contributed by atoms with Crippen LogP contribution in [0.2, 0.25) is 0 Å². The lowest BCUT2D eigenvalue weighted by Crippen LogP contribution is -2.25. The smallest absolute Gasteiger partial charge is 0.128 e. The zero-order valence-corrected chi connectivity index (χ0v) is 11.7. The third-order valence-electron chi connectivity index (χ3n) is 3.15. The van der Waals surface area contributed by atoms with Crippen molar-refractivity contribution in [2.24, 2.45) is 0 Å². The highest BCUT2D eigenvalue weighted by atomic mass is 19.1. The van der Waals surface area contributed by atoms with E-state index in [1.165, 1.54) is 6.07 Å². The van der Waals surface area contributed by atoms with Crippen LogP contribution in [-0.2, 0) is 6.54 Å². The molecule has 19 heavy (non-hydrogen) atoms. The number of aromatic nitrogens is 2. The van der Waals surface area contributed by atoms with E-state index in [2.05, 4.69) is 10.4 Å². The summed E-state index contributed by atoms with van der Waals surface area (Å²) in [7, 11) is 0. The van der Waals surface area contributed by atoms with E-state index in [4.69, 9.17) is 0 Å². The van der Waals surface area contributed by atoms with E-state index in [0.717, 1.165) is 24.5 Å². The van der Waals surface area contributed by atoms with Gasteiger partial charge in [0.25, 0.3) is 0 Å². The van der Waals surface area contributed by atoms with E-state index in [1.807, 2.05) is 43.7 Å². The lowest BCUT2D eigenvalue weighted by Gasteiger charge is -2.20. The maximum absolute atomic E-state index is 14.0. The molecule has 0 saturated carbocycles. The van der Waals surface area contributed by atoms with Crippen LogP contribution in [0, 0.1) is 12.7 Å². The fourth-order valence-corrected chi connectivity index (χ4v) is 2.34. The molecule has 0 aliphatic heterocycles. The second-order valence-corrected chi connectivity index (χ2v) is 4.54. The first kappa shape index (κ1) is 13.7. The molecule has 2 aromatic rings. The highest BCUT2D eigenvalue weighted by Gasteiger charge is 2.20. The van der Waals surface area contributed by atoms with Crippen LogP contribution in [0.4, 0.5) is 4.39 Å². The minimum absolute atomic E-state index is 0.160. The minimum atomic E-state index is -0.185. The summed E-state index contributed by atoms with van der Waals surface area (Å²) in [5.41, 5.74) is 2.63. The van der Waals surface area contributed by atoms with Crippen molar-refractivity contribution >= 4 is 0 Å². The molecule has 102 valence electrons. The zero-order chi connectivity index (χ0) is 13.8. The average molecular weight is 261 g/mol. The number of nitrogens with zero attached hydrogens (tertiary/aromatic N) is 2. The largest absolute Gasteiger partial charge is 0.305 e. The van der Waals surface area contributed by atoms with Gasteiger partial charge in [-0.15, -0.1) is 0 Å². The molecular weight excluding hydrogens is 241 g/mol. The van der Waals surface area contributed by atoms with E-state index < -0.39 is 0 Å². The van der Waals surface area contributed by atoms with Crippen molar-refractivity contribution in [1.82, 2.24) is 15.1 Å². The number of hydrogen-bond donors (Lipinski definition) is 1. The van der Waals surface area contributed by atoms with Crippen molar-refractivity contribution in [3.8, 4) is 0 Å². The van der Waals surface area contributed by atoms with Gasteiger partial charge in [-0.05, 0) is 32.5 Å². The van der Waals surface area contributed by atoms with Crippen molar-refractivity contribution in [1.29, 1.82) is 0 Å². The number of rotatable bonds is 5. The van der Waals surface area contributed by atoms with Crippen LogP contribution in [0.15, 0.2) is 30.3 Å². The lowest BCUT2D eigenvalue weighted by molar-refractivity contribution is 0.515. The van der Waals surface area contributed by atoms with Crippen LogP contribution < -0.4 is 5.32 Å². The summed E-state index contributed by atoms with van der Waals surface area (Å²) in [6.07, 6.45) is 0. The minimum Gasteiger partial charge on any atom is -0.305 e. The van der Waals surface area contributed by atoms with Crippen LogP contribution in [0.5, 0.6) is 0 Å². The van der Waals surface area contributed by atoms with Gasteiger partial charge in [-0.25, -0.2) is 4.39 Å². The highest BCUT2D eigenvalue weighted by Crippen LogP contribution is 2.25. The maximum atomic E-state index is 14.0. The summed E-state index contributed by atoms with van der Waals surface area (Å²) in [4.78, 5) is 0. The molecule has 1 aromatic heterocycles. The second kappa shape index (κ2) is 5.97. The van der Waals surface area contributed by atoms with Gasteiger partial charge in [0, 0.05) is 12.1 Å². The molecule has 0 bridgehead atoms. The van der Waals surface area contributed by atoms with Gasteiger partial charge in [0.2, 0.25) is 0 Å². The summed E-state index contributed by atoms with van der Waals surface area (Å²) in [6, 6.07) is 8.76. The van der Waals surface area contributed by atoms with Crippen molar-refractivity contribution in [2.45, 2.75) is 33.4 Å². The SMILES string of the molecule is CCNC(c1ccccc1F)c1cc(C)nn1CC. The Kier molecular flexibility index (Phi) is 4.32. The van der Waals surface area contributed by atoms with Gasteiger partial charge in [-0.3, -0.25) is 4.68 Å². The molecule has 0 fully saturated rings. The molecule has 0 aliphatic rings. The van der Waals surface area contributed by atoms with Crippen LogP contribution in [-0.4, -0.2) is 16.3 Å². The normalized spacial score (nSPS) is 12.6. The van der Waals surface area contributed by atoms with E-state index in [-0.39, 0.29) is 11.9 Å². The van der Waals surface area contributed by atoms with Crippen LogP contribution in [0.25, 0.3) is 0 Å². The van der Waals surface area contributed by atoms with Crippen molar-refractivity contribution < 1.29 is 4.39 Å².